The molecular weight excluding hydrogens is 228 g/mol. The Hall–Kier alpha value is -1.06. The average Bonchev–Trinajstić information content (AvgIpc) is 2.12. The number of aliphatic carboxylic acids is 1. The Kier molecular flexibility index (Phi) is 2.68. The summed E-state index contributed by atoms with van der Waals surface area (Å²) in [4.78, 5) is 11.3. The van der Waals surface area contributed by atoms with E-state index in [1.165, 1.54) is 0 Å². The maximum atomic E-state index is 11.3. The topological polar surface area (TPSA) is 57.5 Å². The lowest BCUT2D eigenvalue weighted by Crippen LogP contribution is -2.50. The van der Waals surface area contributed by atoms with Gasteiger partial charge in [-0.05, 0) is 43.0 Å². The molecule has 0 spiro atoms. The first-order valence-electron chi connectivity index (χ1n) is 5.14. The van der Waals surface area contributed by atoms with Crippen LogP contribution in [0.3, 0.4) is 0 Å². The predicted octanol–water partition coefficient (Wildman–Crippen LogP) is 2.13. The van der Waals surface area contributed by atoms with E-state index in [0.29, 0.717) is 5.02 Å². The Morgan fingerprint density at radius 3 is 2.56 bits per heavy atom. The Labute approximate surface area is 98.7 Å². The number of aliphatic hydroxyl groups excluding tert-OH is 1. The number of carboxylic acid groups (broad SMARTS) is 1. The summed E-state index contributed by atoms with van der Waals surface area (Å²) >= 11 is 5.84. The molecule has 16 heavy (non-hydrogen) atoms. The van der Waals surface area contributed by atoms with Crippen LogP contribution in [0.5, 0.6) is 0 Å². The van der Waals surface area contributed by atoms with Crippen molar-refractivity contribution in [3.8, 4) is 0 Å². The molecule has 0 saturated heterocycles. The highest BCUT2D eigenvalue weighted by atomic mass is 35.5. The number of halogens is 1. The lowest BCUT2D eigenvalue weighted by atomic mass is 9.62. The molecule has 2 N–H and O–H groups in total. The van der Waals surface area contributed by atoms with E-state index in [2.05, 4.69) is 0 Å². The molecule has 0 aliphatic heterocycles. The van der Waals surface area contributed by atoms with Gasteiger partial charge in [0, 0.05) is 5.02 Å². The van der Waals surface area contributed by atoms with Gasteiger partial charge < -0.3 is 10.2 Å². The number of carbonyl (C=O) groups is 1. The minimum Gasteiger partial charge on any atom is -0.481 e. The predicted molar refractivity (Wildman–Crippen MR) is 60.7 cm³/mol. The second-order valence-electron chi connectivity index (χ2n) is 4.41. The standard InChI is InChI=1S/C12H13ClO3/c1-7-4-8(13)2-3-10(7)12(11(15)16)5-9(14)6-12/h2-4,9,14H,5-6H2,1H3,(H,15,16). The van der Waals surface area contributed by atoms with Gasteiger partial charge in [0.05, 0.1) is 11.5 Å². The van der Waals surface area contributed by atoms with E-state index in [1.54, 1.807) is 18.2 Å². The molecule has 0 unspecified atom stereocenters. The number of hydrogen-bond donors (Lipinski definition) is 2. The number of benzene rings is 1. The molecule has 4 heteroatoms. The summed E-state index contributed by atoms with van der Waals surface area (Å²) in [6.07, 6.45) is 0.0569. The zero-order valence-corrected chi connectivity index (χ0v) is 9.66. The van der Waals surface area contributed by atoms with Crippen molar-refractivity contribution in [2.45, 2.75) is 31.3 Å². The first-order valence-corrected chi connectivity index (χ1v) is 5.51. The molecule has 1 fully saturated rings. The van der Waals surface area contributed by atoms with Crippen LogP contribution in [0.4, 0.5) is 0 Å². The number of carboxylic acids is 1. The molecule has 0 atom stereocenters. The fourth-order valence-corrected chi connectivity index (χ4v) is 2.65. The highest BCUT2D eigenvalue weighted by Gasteiger charge is 2.51. The smallest absolute Gasteiger partial charge is 0.314 e. The van der Waals surface area contributed by atoms with Crippen molar-refractivity contribution in [1.29, 1.82) is 0 Å². The van der Waals surface area contributed by atoms with Gasteiger partial charge in [0.15, 0.2) is 0 Å². The van der Waals surface area contributed by atoms with Gasteiger partial charge in [-0.1, -0.05) is 17.7 Å². The molecule has 1 aromatic rings. The molecule has 0 amide bonds. The molecule has 0 bridgehead atoms. The van der Waals surface area contributed by atoms with Gasteiger partial charge in [0.2, 0.25) is 0 Å². The summed E-state index contributed by atoms with van der Waals surface area (Å²) in [5.41, 5.74) is 0.699. The highest BCUT2D eigenvalue weighted by Crippen LogP contribution is 2.45. The van der Waals surface area contributed by atoms with Crippen molar-refractivity contribution in [2.75, 3.05) is 0 Å². The summed E-state index contributed by atoms with van der Waals surface area (Å²) in [6.45, 7) is 1.84. The lowest BCUT2D eigenvalue weighted by Gasteiger charge is -2.42. The Bertz CT molecular complexity index is 436. The van der Waals surface area contributed by atoms with Crippen molar-refractivity contribution in [2.24, 2.45) is 0 Å². The molecule has 86 valence electrons. The monoisotopic (exact) mass is 240 g/mol. The summed E-state index contributed by atoms with van der Waals surface area (Å²) < 4.78 is 0. The van der Waals surface area contributed by atoms with Crippen LogP contribution in [0.2, 0.25) is 5.02 Å². The van der Waals surface area contributed by atoms with Crippen LogP contribution >= 0.6 is 11.6 Å². The Morgan fingerprint density at radius 1 is 1.50 bits per heavy atom. The summed E-state index contributed by atoms with van der Waals surface area (Å²) in [7, 11) is 0. The summed E-state index contributed by atoms with van der Waals surface area (Å²) in [6, 6.07) is 5.20. The number of aliphatic hydroxyl groups is 1. The van der Waals surface area contributed by atoms with E-state index >= 15 is 0 Å². The van der Waals surface area contributed by atoms with Crippen molar-refractivity contribution in [3.63, 3.8) is 0 Å². The fraction of sp³-hybridized carbons (Fsp3) is 0.417. The quantitative estimate of drug-likeness (QED) is 0.833. The van der Waals surface area contributed by atoms with Crippen LogP contribution in [0.25, 0.3) is 0 Å². The minimum absolute atomic E-state index is 0.283. The molecule has 1 aliphatic rings. The van der Waals surface area contributed by atoms with Gasteiger partial charge in [-0.25, -0.2) is 0 Å². The van der Waals surface area contributed by atoms with Crippen molar-refractivity contribution >= 4 is 17.6 Å². The summed E-state index contributed by atoms with van der Waals surface area (Å²) in [5, 5.41) is 19.3. The van der Waals surface area contributed by atoms with E-state index < -0.39 is 17.5 Å². The van der Waals surface area contributed by atoms with E-state index in [1.807, 2.05) is 6.92 Å². The Balaban J connectivity index is 2.45. The van der Waals surface area contributed by atoms with E-state index in [9.17, 15) is 15.0 Å². The van der Waals surface area contributed by atoms with E-state index in [4.69, 9.17) is 11.6 Å². The third-order valence-corrected chi connectivity index (χ3v) is 3.52. The number of rotatable bonds is 2. The molecule has 2 rings (SSSR count). The lowest BCUT2D eigenvalue weighted by molar-refractivity contribution is -0.153. The molecule has 0 aromatic heterocycles. The maximum Gasteiger partial charge on any atom is 0.314 e. The SMILES string of the molecule is Cc1cc(Cl)ccc1C1(C(=O)O)CC(O)C1. The highest BCUT2D eigenvalue weighted by molar-refractivity contribution is 6.30. The third kappa shape index (κ3) is 1.60. The first-order chi connectivity index (χ1) is 7.45. The van der Waals surface area contributed by atoms with Crippen molar-refractivity contribution < 1.29 is 15.0 Å². The summed E-state index contributed by atoms with van der Waals surface area (Å²) in [5.74, 6) is -0.872. The fourth-order valence-electron chi connectivity index (χ4n) is 2.42. The minimum atomic E-state index is -0.923. The molecule has 3 nitrogen and oxygen atoms in total. The van der Waals surface area contributed by atoms with Gasteiger partial charge in [0.1, 0.15) is 0 Å². The van der Waals surface area contributed by atoms with Gasteiger partial charge in [-0.15, -0.1) is 0 Å². The molecule has 1 aromatic carbocycles. The second-order valence-corrected chi connectivity index (χ2v) is 4.85. The maximum absolute atomic E-state index is 11.3. The van der Waals surface area contributed by atoms with Crippen LogP contribution in [0.1, 0.15) is 24.0 Å². The van der Waals surface area contributed by atoms with Crippen LogP contribution < -0.4 is 0 Å². The zero-order chi connectivity index (χ0) is 11.9. The molecule has 0 heterocycles. The average molecular weight is 241 g/mol. The van der Waals surface area contributed by atoms with Crippen molar-refractivity contribution in [3.05, 3.63) is 34.3 Å². The number of aryl methyl sites for hydroxylation is 1. The molecule has 1 aliphatic carbocycles. The molecular formula is C12H13ClO3. The van der Waals surface area contributed by atoms with Gasteiger partial charge in [-0.2, -0.15) is 0 Å². The van der Waals surface area contributed by atoms with Gasteiger partial charge >= 0.3 is 5.97 Å². The van der Waals surface area contributed by atoms with Gasteiger partial charge in [-0.3, -0.25) is 4.79 Å². The largest absolute Gasteiger partial charge is 0.481 e. The third-order valence-electron chi connectivity index (χ3n) is 3.28. The molecule has 1 saturated carbocycles. The van der Waals surface area contributed by atoms with Crippen molar-refractivity contribution in [1.82, 2.24) is 0 Å². The van der Waals surface area contributed by atoms with Gasteiger partial charge in [0.25, 0.3) is 0 Å². The normalized spacial score (nSPS) is 28.6. The van der Waals surface area contributed by atoms with E-state index in [0.717, 1.165) is 11.1 Å². The number of hydrogen-bond acceptors (Lipinski definition) is 2. The Morgan fingerprint density at radius 2 is 2.12 bits per heavy atom. The first kappa shape index (κ1) is 11.4. The molecule has 0 radical (unpaired) electrons. The zero-order valence-electron chi connectivity index (χ0n) is 8.90. The van der Waals surface area contributed by atoms with Crippen LogP contribution in [0.15, 0.2) is 18.2 Å². The second kappa shape index (κ2) is 3.75. The van der Waals surface area contributed by atoms with Crippen LogP contribution in [0, 0.1) is 6.92 Å². The van der Waals surface area contributed by atoms with Crippen LogP contribution in [-0.4, -0.2) is 22.3 Å². The van der Waals surface area contributed by atoms with E-state index in [-0.39, 0.29) is 12.8 Å². The van der Waals surface area contributed by atoms with Crippen LogP contribution in [-0.2, 0) is 10.2 Å².